The van der Waals surface area contributed by atoms with E-state index in [1.165, 1.54) is 20.4 Å². The Kier molecular flexibility index (Phi) is 5.01. The lowest BCUT2D eigenvalue weighted by molar-refractivity contribution is 0.171. The molecule has 1 aromatic carbocycles. The lowest BCUT2D eigenvalue weighted by atomic mass is 10.2. The minimum absolute atomic E-state index is 0.0752. The van der Waals surface area contributed by atoms with E-state index >= 15 is 0 Å². The van der Waals surface area contributed by atoms with E-state index in [-0.39, 0.29) is 5.75 Å². The van der Waals surface area contributed by atoms with E-state index in [1.54, 1.807) is 12.1 Å². The fourth-order valence-corrected chi connectivity index (χ4v) is 1.65. The number of rotatable bonds is 3. The van der Waals surface area contributed by atoms with Crippen molar-refractivity contribution >= 4 is 34.9 Å². The molecule has 0 aromatic heterocycles. The molecule has 0 spiro atoms. The van der Waals surface area contributed by atoms with E-state index in [0.29, 0.717) is 14.9 Å². The fourth-order valence-electron chi connectivity index (χ4n) is 1.03. The predicted molar refractivity (Wildman–Crippen MR) is 70.5 cm³/mol. The van der Waals surface area contributed by atoms with Crippen LogP contribution in [0, 0.1) is 3.57 Å². The number of hydrazone groups is 1. The molecule has 0 saturated heterocycles. The number of phenolic OH excluding ortho intramolecular Hbond substituents is 1. The van der Waals surface area contributed by atoms with Crippen LogP contribution in [0.25, 0.3) is 0 Å². The monoisotopic (exact) mass is 350 g/mol. The molecule has 7 heteroatoms. The lowest BCUT2D eigenvalue weighted by Gasteiger charge is -2.06. The van der Waals surface area contributed by atoms with Crippen molar-refractivity contribution in [3.05, 3.63) is 21.3 Å². The van der Waals surface area contributed by atoms with Gasteiger partial charge in [-0.15, -0.1) is 0 Å². The predicted octanol–water partition coefficient (Wildman–Crippen LogP) is 1.70. The average molecular weight is 350 g/mol. The Morgan fingerprint density at radius 3 is 2.82 bits per heavy atom. The number of amides is 1. The van der Waals surface area contributed by atoms with Crippen LogP contribution in [0.2, 0.25) is 0 Å². The van der Waals surface area contributed by atoms with E-state index in [1.807, 2.05) is 22.6 Å². The van der Waals surface area contributed by atoms with Crippen LogP contribution >= 0.6 is 22.6 Å². The number of phenols is 1. The first-order chi connectivity index (χ1) is 8.08. The Hall–Kier alpha value is -1.51. The molecule has 0 unspecified atom stereocenters. The molecule has 1 aromatic rings. The van der Waals surface area contributed by atoms with Gasteiger partial charge in [-0.2, -0.15) is 5.10 Å². The number of halogens is 1. The van der Waals surface area contributed by atoms with Gasteiger partial charge in [0.15, 0.2) is 11.5 Å². The van der Waals surface area contributed by atoms with Gasteiger partial charge in [-0.25, -0.2) is 10.2 Å². The van der Waals surface area contributed by atoms with Gasteiger partial charge < -0.3 is 14.6 Å². The number of methoxy groups -OCH3 is 2. The smallest absolute Gasteiger partial charge is 0.427 e. The summed E-state index contributed by atoms with van der Waals surface area (Å²) in [5.41, 5.74) is 2.84. The lowest BCUT2D eigenvalue weighted by Crippen LogP contribution is -2.16. The highest BCUT2D eigenvalue weighted by atomic mass is 127. The van der Waals surface area contributed by atoms with E-state index in [9.17, 15) is 9.90 Å². The van der Waals surface area contributed by atoms with Gasteiger partial charge in [-0.05, 0) is 40.3 Å². The molecule has 92 valence electrons. The van der Waals surface area contributed by atoms with Crippen molar-refractivity contribution in [1.29, 1.82) is 0 Å². The zero-order chi connectivity index (χ0) is 12.8. The molecular weight excluding hydrogens is 339 g/mol. The van der Waals surface area contributed by atoms with Gasteiger partial charge >= 0.3 is 6.09 Å². The summed E-state index contributed by atoms with van der Waals surface area (Å²) in [7, 11) is 2.70. The highest BCUT2D eigenvalue weighted by Crippen LogP contribution is 2.31. The summed E-state index contributed by atoms with van der Waals surface area (Å²) < 4.78 is 9.96. The number of carbonyl (C=O) groups excluding carboxylic acids is 1. The van der Waals surface area contributed by atoms with E-state index in [4.69, 9.17) is 4.74 Å². The third-order valence-electron chi connectivity index (χ3n) is 1.83. The molecule has 0 atom stereocenters. The molecule has 0 aliphatic rings. The Balaban J connectivity index is 2.85. The van der Waals surface area contributed by atoms with Gasteiger partial charge in [-0.1, -0.05) is 0 Å². The van der Waals surface area contributed by atoms with E-state index in [0.717, 1.165) is 0 Å². The van der Waals surface area contributed by atoms with Crippen LogP contribution < -0.4 is 10.2 Å². The highest BCUT2D eigenvalue weighted by molar-refractivity contribution is 14.1. The number of nitrogens with one attached hydrogen (secondary N) is 1. The number of nitrogens with zero attached hydrogens (tertiary/aromatic N) is 1. The minimum Gasteiger partial charge on any atom is -0.504 e. The number of aromatic hydroxyl groups is 1. The standard InChI is InChI=1S/C10H11IN2O4/c1-16-8-4-6(3-7(11)9(8)14)5-12-13-10(15)17-2/h3-5,14H,1-2H3,(H,13,15). The second-order valence-corrected chi connectivity index (χ2v) is 4.08. The molecule has 0 bridgehead atoms. The van der Waals surface area contributed by atoms with Crippen molar-refractivity contribution in [2.45, 2.75) is 0 Å². The van der Waals surface area contributed by atoms with Gasteiger partial charge in [0, 0.05) is 0 Å². The highest BCUT2D eigenvalue weighted by Gasteiger charge is 2.07. The van der Waals surface area contributed by atoms with Crippen LogP contribution in [0.5, 0.6) is 11.5 Å². The topological polar surface area (TPSA) is 80.2 Å². The van der Waals surface area contributed by atoms with Crippen LogP contribution in [0.4, 0.5) is 4.79 Å². The SMILES string of the molecule is COC(=O)NN=Cc1cc(I)c(O)c(OC)c1. The molecule has 0 aliphatic heterocycles. The first-order valence-electron chi connectivity index (χ1n) is 4.52. The van der Waals surface area contributed by atoms with Crippen molar-refractivity contribution in [2.24, 2.45) is 5.10 Å². The van der Waals surface area contributed by atoms with Crippen LogP contribution in [0.15, 0.2) is 17.2 Å². The zero-order valence-corrected chi connectivity index (χ0v) is 11.4. The maximum Gasteiger partial charge on any atom is 0.427 e. The molecule has 0 saturated carbocycles. The van der Waals surface area contributed by atoms with Gasteiger partial charge in [-0.3, -0.25) is 0 Å². The quantitative estimate of drug-likeness (QED) is 0.494. The van der Waals surface area contributed by atoms with Crippen LogP contribution in [0.1, 0.15) is 5.56 Å². The minimum atomic E-state index is -0.651. The van der Waals surface area contributed by atoms with Crippen molar-refractivity contribution in [1.82, 2.24) is 5.43 Å². The largest absolute Gasteiger partial charge is 0.504 e. The molecule has 0 radical (unpaired) electrons. The molecule has 6 nitrogen and oxygen atoms in total. The van der Waals surface area contributed by atoms with Gasteiger partial charge in [0.1, 0.15) is 0 Å². The van der Waals surface area contributed by atoms with Gasteiger partial charge in [0.05, 0.1) is 24.0 Å². The Labute approximate surface area is 112 Å². The van der Waals surface area contributed by atoms with Crippen molar-refractivity contribution in [2.75, 3.05) is 14.2 Å². The maximum atomic E-state index is 10.7. The first-order valence-corrected chi connectivity index (χ1v) is 5.60. The van der Waals surface area contributed by atoms with Gasteiger partial charge in [0.25, 0.3) is 0 Å². The Bertz CT molecular complexity index is 448. The molecule has 1 amide bonds. The van der Waals surface area contributed by atoms with Crippen molar-refractivity contribution in [3.63, 3.8) is 0 Å². The van der Waals surface area contributed by atoms with Crippen molar-refractivity contribution in [3.8, 4) is 11.5 Å². The van der Waals surface area contributed by atoms with Crippen LogP contribution in [-0.2, 0) is 4.74 Å². The number of hydrogen-bond donors (Lipinski definition) is 2. The fraction of sp³-hybridized carbons (Fsp3) is 0.200. The molecule has 0 heterocycles. The molecule has 2 N–H and O–H groups in total. The molecule has 0 fully saturated rings. The number of hydrogen-bond acceptors (Lipinski definition) is 5. The van der Waals surface area contributed by atoms with E-state index < -0.39 is 6.09 Å². The Morgan fingerprint density at radius 1 is 1.53 bits per heavy atom. The van der Waals surface area contributed by atoms with Crippen LogP contribution in [0.3, 0.4) is 0 Å². The number of ether oxygens (including phenoxy) is 2. The first kappa shape index (κ1) is 13.6. The summed E-state index contributed by atoms with van der Waals surface area (Å²) in [4.78, 5) is 10.7. The zero-order valence-electron chi connectivity index (χ0n) is 9.23. The molecule has 0 aliphatic carbocycles. The Morgan fingerprint density at radius 2 is 2.24 bits per heavy atom. The second kappa shape index (κ2) is 6.28. The average Bonchev–Trinajstić information content (AvgIpc) is 2.33. The van der Waals surface area contributed by atoms with E-state index in [2.05, 4.69) is 15.3 Å². The second-order valence-electron chi connectivity index (χ2n) is 2.92. The third kappa shape index (κ3) is 3.77. The van der Waals surface area contributed by atoms with Crippen molar-refractivity contribution < 1.29 is 19.4 Å². The summed E-state index contributed by atoms with van der Waals surface area (Å²) in [6.45, 7) is 0. The number of benzene rings is 1. The summed E-state index contributed by atoms with van der Waals surface area (Å²) in [6.07, 6.45) is 0.766. The van der Waals surface area contributed by atoms with Gasteiger partial charge in [0.2, 0.25) is 0 Å². The molecule has 17 heavy (non-hydrogen) atoms. The normalized spacial score (nSPS) is 10.3. The summed E-state index contributed by atoms with van der Waals surface area (Å²) >= 11 is 1.97. The summed E-state index contributed by atoms with van der Waals surface area (Å²) in [6, 6.07) is 3.29. The summed E-state index contributed by atoms with van der Waals surface area (Å²) in [5, 5.41) is 13.3. The molecule has 1 rings (SSSR count). The van der Waals surface area contributed by atoms with Crippen LogP contribution in [-0.4, -0.2) is 31.6 Å². The third-order valence-corrected chi connectivity index (χ3v) is 2.65. The molecular formula is C10H11IN2O4. The summed E-state index contributed by atoms with van der Waals surface area (Å²) in [5.74, 6) is 0.419. The number of carbonyl (C=O) groups is 1. The maximum absolute atomic E-state index is 10.7.